The van der Waals surface area contributed by atoms with E-state index in [0.29, 0.717) is 10.7 Å². The summed E-state index contributed by atoms with van der Waals surface area (Å²) in [6, 6.07) is 5.88. The first-order chi connectivity index (χ1) is 12.1. The number of aromatic nitrogens is 1. The fraction of sp³-hybridized carbons (Fsp3) is 0.400. The molecule has 0 bridgehead atoms. The molecule has 1 aromatic carbocycles. The van der Waals surface area contributed by atoms with Gasteiger partial charge in [0.1, 0.15) is 10.6 Å². The molecule has 1 aromatic heterocycles. The third kappa shape index (κ3) is 3.39. The summed E-state index contributed by atoms with van der Waals surface area (Å²) in [5.41, 5.74) is 0.290. The number of hydrogen-bond acceptors (Lipinski definition) is 6. The van der Waals surface area contributed by atoms with Gasteiger partial charge in [-0.3, -0.25) is 0 Å². The highest BCUT2D eigenvalue weighted by Crippen LogP contribution is 2.26. The van der Waals surface area contributed by atoms with E-state index in [9.17, 15) is 16.8 Å². The number of piperazine rings is 1. The Hall–Kier alpha value is -1.46. The quantitative estimate of drug-likeness (QED) is 0.746. The van der Waals surface area contributed by atoms with Gasteiger partial charge in [-0.1, -0.05) is 16.8 Å². The van der Waals surface area contributed by atoms with Crippen molar-refractivity contribution >= 4 is 31.6 Å². The summed E-state index contributed by atoms with van der Waals surface area (Å²) in [6.45, 7) is 3.33. The smallest absolute Gasteiger partial charge is 0.248 e. The maximum atomic E-state index is 12.8. The average molecular weight is 420 g/mol. The summed E-state index contributed by atoms with van der Waals surface area (Å²) < 4.78 is 58.4. The van der Waals surface area contributed by atoms with E-state index in [1.54, 1.807) is 6.92 Å². The molecule has 0 amide bonds. The average Bonchev–Trinajstić information content (AvgIpc) is 2.94. The van der Waals surface area contributed by atoms with Crippen LogP contribution in [-0.4, -0.2) is 56.8 Å². The molecule has 2 heterocycles. The summed E-state index contributed by atoms with van der Waals surface area (Å²) in [6.07, 6.45) is 0. The zero-order valence-corrected chi connectivity index (χ0v) is 16.6. The van der Waals surface area contributed by atoms with Crippen LogP contribution in [0.25, 0.3) is 0 Å². The lowest BCUT2D eigenvalue weighted by Crippen LogP contribution is -2.50. The molecule has 26 heavy (non-hydrogen) atoms. The van der Waals surface area contributed by atoms with Crippen LogP contribution in [0.3, 0.4) is 0 Å². The first kappa shape index (κ1) is 19.3. The number of aryl methyl sites for hydroxylation is 2. The van der Waals surface area contributed by atoms with Crippen molar-refractivity contribution in [3.05, 3.63) is 40.7 Å². The van der Waals surface area contributed by atoms with Crippen LogP contribution in [0.4, 0.5) is 0 Å². The minimum Gasteiger partial charge on any atom is -0.360 e. The molecule has 0 saturated carbocycles. The third-order valence-electron chi connectivity index (χ3n) is 4.21. The van der Waals surface area contributed by atoms with E-state index in [-0.39, 0.29) is 41.7 Å². The fourth-order valence-corrected chi connectivity index (χ4v) is 6.14. The Morgan fingerprint density at radius 3 is 1.88 bits per heavy atom. The van der Waals surface area contributed by atoms with Crippen LogP contribution >= 0.6 is 11.6 Å². The second-order valence-corrected chi connectivity index (χ2v) is 10.2. The second-order valence-electron chi connectivity index (χ2n) is 5.92. The molecule has 8 nitrogen and oxygen atoms in total. The molecule has 1 aliphatic heterocycles. The molecule has 2 aromatic rings. The Bertz CT molecular complexity index is 989. The Kier molecular flexibility index (Phi) is 5.15. The topological polar surface area (TPSA) is 101 Å². The molecular formula is C15H18ClN3O5S2. The minimum atomic E-state index is -3.78. The van der Waals surface area contributed by atoms with Crippen molar-refractivity contribution in [3.63, 3.8) is 0 Å². The van der Waals surface area contributed by atoms with Gasteiger partial charge in [-0.25, -0.2) is 16.8 Å². The van der Waals surface area contributed by atoms with Crippen LogP contribution in [0.2, 0.25) is 5.02 Å². The summed E-state index contributed by atoms with van der Waals surface area (Å²) in [7, 11) is -7.48. The van der Waals surface area contributed by atoms with Gasteiger partial charge in [-0.15, -0.1) is 0 Å². The standard InChI is InChI=1S/C15H18ClN3O5S2/c1-11-15(12(2)24-17-11)26(22,23)19-9-7-18(8-10-19)25(20,21)14-5-3-13(16)4-6-14/h3-6H,7-10H2,1-2H3. The predicted molar refractivity (Wildman–Crippen MR) is 94.9 cm³/mol. The SMILES string of the molecule is Cc1noc(C)c1S(=O)(=O)N1CCN(S(=O)(=O)c2ccc(Cl)cc2)CC1. The molecule has 0 N–H and O–H groups in total. The number of hydrogen-bond donors (Lipinski definition) is 0. The third-order valence-corrected chi connectivity index (χ3v) is 8.52. The largest absolute Gasteiger partial charge is 0.360 e. The van der Waals surface area contributed by atoms with E-state index in [1.165, 1.54) is 39.8 Å². The van der Waals surface area contributed by atoms with E-state index in [4.69, 9.17) is 16.1 Å². The van der Waals surface area contributed by atoms with Crippen molar-refractivity contribution in [1.82, 2.24) is 13.8 Å². The Balaban J connectivity index is 1.78. The highest BCUT2D eigenvalue weighted by molar-refractivity contribution is 7.89. The summed E-state index contributed by atoms with van der Waals surface area (Å²) in [5, 5.41) is 4.12. The van der Waals surface area contributed by atoms with Gasteiger partial charge in [0.2, 0.25) is 20.0 Å². The summed E-state index contributed by atoms with van der Waals surface area (Å²) >= 11 is 5.80. The molecule has 1 fully saturated rings. The molecule has 0 radical (unpaired) electrons. The van der Waals surface area contributed by atoms with Crippen LogP contribution in [0, 0.1) is 13.8 Å². The van der Waals surface area contributed by atoms with Crippen molar-refractivity contribution < 1.29 is 21.4 Å². The van der Waals surface area contributed by atoms with Crippen LogP contribution in [0.5, 0.6) is 0 Å². The molecule has 142 valence electrons. The molecule has 0 spiro atoms. The first-order valence-corrected chi connectivity index (χ1v) is 11.1. The lowest BCUT2D eigenvalue weighted by atomic mass is 10.4. The maximum absolute atomic E-state index is 12.8. The lowest BCUT2D eigenvalue weighted by molar-refractivity contribution is 0.272. The van der Waals surface area contributed by atoms with Crippen molar-refractivity contribution in [1.29, 1.82) is 0 Å². The first-order valence-electron chi connectivity index (χ1n) is 7.83. The van der Waals surface area contributed by atoms with Crippen LogP contribution in [0.1, 0.15) is 11.5 Å². The maximum Gasteiger partial charge on any atom is 0.248 e. The second kappa shape index (κ2) is 6.93. The van der Waals surface area contributed by atoms with Gasteiger partial charge < -0.3 is 4.52 Å². The van der Waals surface area contributed by atoms with Crippen molar-refractivity contribution in [2.75, 3.05) is 26.2 Å². The van der Waals surface area contributed by atoms with E-state index in [2.05, 4.69) is 5.16 Å². The van der Waals surface area contributed by atoms with Gasteiger partial charge in [0.15, 0.2) is 5.76 Å². The molecule has 0 atom stereocenters. The van der Waals surface area contributed by atoms with Gasteiger partial charge in [0, 0.05) is 31.2 Å². The predicted octanol–water partition coefficient (Wildman–Crippen LogP) is 1.64. The number of sulfonamides is 2. The van der Waals surface area contributed by atoms with Crippen LogP contribution in [-0.2, 0) is 20.0 Å². The van der Waals surface area contributed by atoms with E-state index in [1.807, 2.05) is 0 Å². The number of benzene rings is 1. The van der Waals surface area contributed by atoms with Gasteiger partial charge in [-0.2, -0.15) is 8.61 Å². The van der Waals surface area contributed by atoms with Crippen molar-refractivity contribution in [3.8, 4) is 0 Å². The molecular weight excluding hydrogens is 402 g/mol. The number of nitrogens with zero attached hydrogens (tertiary/aromatic N) is 3. The van der Waals surface area contributed by atoms with Gasteiger partial charge in [-0.05, 0) is 38.1 Å². The normalized spacial score (nSPS) is 17.5. The Morgan fingerprint density at radius 2 is 1.42 bits per heavy atom. The van der Waals surface area contributed by atoms with Gasteiger partial charge >= 0.3 is 0 Å². The van der Waals surface area contributed by atoms with Crippen LogP contribution in [0.15, 0.2) is 38.6 Å². The molecule has 11 heteroatoms. The highest BCUT2D eigenvalue weighted by atomic mass is 35.5. The lowest BCUT2D eigenvalue weighted by Gasteiger charge is -2.33. The van der Waals surface area contributed by atoms with E-state index < -0.39 is 20.0 Å². The molecule has 0 aliphatic carbocycles. The summed E-state index contributed by atoms with van der Waals surface area (Å²) in [5.74, 6) is 0.221. The molecule has 1 saturated heterocycles. The van der Waals surface area contributed by atoms with Gasteiger partial charge in [0.05, 0.1) is 4.90 Å². The van der Waals surface area contributed by atoms with E-state index in [0.717, 1.165) is 0 Å². The fourth-order valence-electron chi connectivity index (χ4n) is 2.88. The minimum absolute atomic E-state index is 0.0477. The van der Waals surface area contributed by atoms with Crippen LogP contribution < -0.4 is 0 Å². The number of rotatable bonds is 4. The van der Waals surface area contributed by atoms with Crippen molar-refractivity contribution in [2.24, 2.45) is 0 Å². The van der Waals surface area contributed by atoms with Gasteiger partial charge in [0.25, 0.3) is 0 Å². The zero-order chi connectivity index (χ0) is 19.1. The van der Waals surface area contributed by atoms with Crippen molar-refractivity contribution in [2.45, 2.75) is 23.6 Å². The molecule has 0 unspecified atom stereocenters. The Labute approximate surface area is 157 Å². The summed E-state index contributed by atoms with van der Waals surface area (Å²) in [4.78, 5) is 0.176. The number of halogens is 1. The Morgan fingerprint density at radius 1 is 0.923 bits per heavy atom. The van der Waals surface area contributed by atoms with E-state index >= 15 is 0 Å². The monoisotopic (exact) mass is 419 g/mol. The zero-order valence-electron chi connectivity index (χ0n) is 14.2. The molecule has 1 aliphatic rings. The highest BCUT2D eigenvalue weighted by Gasteiger charge is 2.36. The molecule has 3 rings (SSSR count).